The number of fused-ring (bicyclic) bond motifs is 1. The lowest BCUT2D eigenvalue weighted by atomic mass is 10.1. The molecule has 2 aromatic rings. The van der Waals surface area contributed by atoms with Crippen molar-refractivity contribution < 1.29 is 14.7 Å². The van der Waals surface area contributed by atoms with Crippen LogP contribution >= 0.6 is 15.9 Å². The number of carbonyl (C=O) groups excluding carboxylic acids is 2. The van der Waals surface area contributed by atoms with Gasteiger partial charge in [-0.05, 0) is 39.7 Å². The van der Waals surface area contributed by atoms with E-state index in [-0.39, 0.29) is 22.9 Å². The predicted molar refractivity (Wildman–Crippen MR) is 78.9 cm³/mol. The number of allylic oxidation sites excluding steroid dienone is 1. The van der Waals surface area contributed by atoms with Gasteiger partial charge in [0.25, 0.3) is 0 Å². The molecule has 2 aromatic carbocycles. The maximum absolute atomic E-state index is 12.2. The number of Topliss-reactive ketones (excluding diaryl/α,β-unsaturated/α-hetero) is 2. The Bertz CT molecular complexity index is 738. The van der Waals surface area contributed by atoms with Crippen LogP contribution in [0, 0.1) is 0 Å². The summed E-state index contributed by atoms with van der Waals surface area (Å²) in [7, 11) is 0. The van der Waals surface area contributed by atoms with Crippen molar-refractivity contribution in [1.29, 1.82) is 0 Å². The molecule has 0 atom stereocenters. The molecule has 0 amide bonds. The SMILES string of the molecule is O=C1C(=Cc2ccc(O)c(Br)c2)C(=O)c2ccccc21. The predicted octanol–water partition coefficient (Wildman–Crippen LogP) is 3.62. The molecule has 3 nitrogen and oxygen atoms in total. The van der Waals surface area contributed by atoms with Crippen molar-refractivity contribution in [3.8, 4) is 5.75 Å². The Morgan fingerprint density at radius 2 is 1.55 bits per heavy atom. The molecule has 1 aliphatic carbocycles. The highest BCUT2D eigenvalue weighted by Crippen LogP contribution is 2.30. The summed E-state index contributed by atoms with van der Waals surface area (Å²) in [6, 6.07) is 11.6. The van der Waals surface area contributed by atoms with E-state index in [1.165, 1.54) is 6.07 Å². The number of hydrogen-bond acceptors (Lipinski definition) is 3. The van der Waals surface area contributed by atoms with Crippen LogP contribution in [0.15, 0.2) is 52.5 Å². The van der Waals surface area contributed by atoms with E-state index >= 15 is 0 Å². The van der Waals surface area contributed by atoms with Gasteiger partial charge >= 0.3 is 0 Å². The van der Waals surface area contributed by atoms with E-state index in [0.29, 0.717) is 21.2 Å². The fourth-order valence-electron chi connectivity index (χ4n) is 2.18. The number of hydrogen-bond donors (Lipinski definition) is 1. The molecule has 0 spiro atoms. The largest absolute Gasteiger partial charge is 0.507 e. The molecule has 4 heteroatoms. The first-order valence-electron chi connectivity index (χ1n) is 5.96. The highest BCUT2D eigenvalue weighted by molar-refractivity contribution is 9.10. The monoisotopic (exact) mass is 328 g/mol. The first kappa shape index (κ1) is 12.8. The van der Waals surface area contributed by atoms with Gasteiger partial charge in [0.1, 0.15) is 5.75 Å². The van der Waals surface area contributed by atoms with Gasteiger partial charge in [0.2, 0.25) is 0 Å². The minimum absolute atomic E-state index is 0.111. The van der Waals surface area contributed by atoms with Gasteiger partial charge in [0.05, 0.1) is 10.0 Å². The van der Waals surface area contributed by atoms with Crippen molar-refractivity contribution in [2.45, 2.75) is 0 Å². The molecule has 0 aliphatic heterocycles. The van der Waals surface area contributed by atoms with E-state index in [9.17, 15) is 14.7 Å². The minimum Gasteiger partial charge on any atom is -0.507 e. The van der Waals surface area contributed by atoms with Crippen LogP contribution in [0.4, 0.5) is 0 Å². The number of benzene rings is 2. The van der Waals surface area contributed by atoms with Gasteiger partial charge in [-0.25, -0.2) is 0 Å². The normalized spacial score (nSPS) is 13.6. The summed E-state index contributed by atoms with van der Waals surface area (Å²) in [5.74, 6) is -0.399. The van der Waals surface area contributed by atoms with Crippen LogP contribution in [0.3, 0.4) is 0 Å². The van der Waals surface area contributed by atoms with Crippen LogP contribution in [0.5, 0.6) is 5.75 Å². The number of phenolic OH excluding ortho intramolecular Hbond substituents is 1. The second-order valence-corrected chi connectivity index (χ2v) is 5.33. The van der Waals surface area contributed by atoms with Gasteiger partial charge in [-0.2, -0.15) is 0 Å². The summed E-state index contributed by atoms with van der Waals surface area (Å²) in [4.78, 5) is 24.4. The summed E-state index contributed by atoms with van der Waals surface area (Å²) in [5, 5.41) is 9.45. The van der Waals surface area contributed by atoms with Crippen LogP contribution in [-0.4, -0.2) is 16.7 Å². The molecule has 0 bridgehead atoms. The van der Waals surface area contributed by atoms with Crippen LogP contribution in [0.1, 0.15) is 26.3 Å². The third-order valence-electron chi connectivity index (χ3n) is 3.19. The van der Waals surface area contributed by atoms with E-state index < -0.39 is 0 Å². The van der Waals surface area contributed by atoms with E-state index in [1.807, 2.05) is 0 Å². The van der Waals surface area contributed by atoms with Gasteiger partial charge in [0, 0.05) is 11.1 Å². The lowest BCUT2D eigenvalue weighted by Crippen LogP contribution is -2.00. The molecule has 1 aliphatic rings. The van der Waals surface area contributed by atoms with Crippen molar-refractivity contribution in [1.82, 2.24) is 0 Å². The topological polar surface area (TPSA) is 54.4 Å². The van der Waals surface area contributed by atoms with Gasteiger partial charge in [-0.15, -0.1) is 0 Å². The first-order chi connectivity index (χ1) is 9.58. The van der Waals surface area contributed by atoms with Gasteiger partial charge in [0.15, 0.2) is 11.6 Å². The zero-order valence-corrected chi connectivity index (χ0v) is 11.8. The Morgan fingerprint density at radius 3 is 2.10 bits per heavy atom. The zero-order valence-electron chi connectivity index (χ0n) is 10.3. The van der Waals surface area contributed by atoms with Crippen LogP contribution < -0.4 is 0 Å². The van der Waals surface area contributed by atoms with Crippen LogP contribution in [0.2, 0.25) is 0 Å². The Labute approximate surface area is 123 Å². The molecule has 0 saturated heterocycles. The highest BCUT2D eigenvalue weighted by atomic mass is 79.9. The fraction of sp³-hybridized carbons (Fsp3) is 0. The minimum atomic E-state index is -0.255. The van der Waals surface area contributed by atoms with Crippen molar-refractivity contribution in [3.05, 3.63) is 69.2 Å². The summed E-state index contributed by atoms with van der Waals surface area (Å²) in [5.41, 5.74) is 1.73. The number of rotatable bonds is 1. The average molecular weight is 329 g/mol. The number of ketones is 2. The smallest absolute Gasteiger partial charge is 0.197 e. The molecule has 98 valence electrons. The summed E-state index contributed by atoms with van der Waals surface area (Å²) in [6.45, 7) is 0. The molecular formula is C16H9BrO3. The molecule has 0 heterocycles. The molecule has 0 fully saturated rings. The number of halogens is 1. The van der Waals surface area contributed by atoms with E-state index in [2.05, 4.69) is 15.9 Å². The summed E-state index contributed by atoms with van der Waals surface area (Å²) < 4.78 is 0.516. The Hall–Kier alpha value is -2.20. The Balaban J connectivity index is 2.08. The molecule has 1 N–H and O–H groups in total. The van der Waals surface area contributed by atoms with Gasteiger partial charge < -0.3 is 5.11 Å². The second-order valence-electron chi connectivity index (χ2n) is 4.47. The Morgan fingerprint density at radius 1 is 0.950 bits per heavy atom. The van der Waals surface area contributed by atoms with Gasteiger partial charge in [-0.1, -0.05) is 30.3 Å². The maximum atomic E-state index is 12.2. The fourth-order valence-corrected chi connectivity index (χ4v) is 2.58. The summed E-state index contributed by atoms with van der Waals surface area (Å²) >= 11 is 3.20. The maximum Gasteiger partial charge on any atom is 0.197 e. The first-order valence-corrected chi connectivity index (χ1v) is 6.76. The average Bonchev–Trinajstić information content (AvgIpc) is 2.69. The van der Waals surface area contributed by atoms with Crippen molar-refractivity contribution >= 4 is 33.6 Å². The van der Waals surface area contributed by atoms with Gasteiger partial charge in [-0.3, -0.25) is 9.59 Å². The number of aromatic hydroxyl groups is 1. The lowest BCUT2D eigenvalue weighted by molar-refractivity contribution is 0.0990. The lowest BCUT2D eigenvalue weighted by Gasteiger charge is -1.99. The molecule has 0 aromatic heterocycles. The molecule has 0 unspecified atom stereocenters. The molecular weight excluding hydrogens is 320 g/mol. The molecule has 20 heavy (non-hydrogen) atoms. The quantitative estimate of drug-likeness (QED) is 0.642. The van der Waals surface area contributed by atoms with E-state index in [1.54, 1.807) is 42.5 Å². The molecule has 0 radical (unpaired) electrons. The van der Waals surface area contributed by atoms with Crippen LogP contribution in [-0.2, 0) is 0 Å². The van der Waals surface area contributed by atoms with Crippen molar-refractivity contribution in [2.75, 3.05) is 0 Å². The zero-order chi connectivity index (χ0) is 14.3. The van der Waals surface area contributed by atoms with Crippen molar-refractivity contribution in [3.63, 3.8) is 0 Å². The molecule has 3 rings (SSSR count). The number of phenols is 1. The second kappa shape index (κ2) is 4.72. The van der Waals surface area contributed by atoms with Crippen molar-refractivity contribution in [2.24, 2.45) is 0 Å². The van der Waals surface area contributed by atoms with Crippen LogP contribution in [0.25, 0.3) is 6.08 Å². The van der Waals surface area contributed by atoms with E-state index in [0.717, 1.165) is 0 Å². The number of carbonyl (C=O) groups is 2. The third kappa shape index (κ3) is 1.98. The Kier molecular flexibility index (Phi) is 3.03. The third-order valence-corrected chi connectivity index (χ3v) is 3.82. The molecule has 0 saturated carbocycles. The standard InChI is InChI=1S/C16H9BrO3/c17-13-8-9(5-6-14(13)18)7-12-15(19)10-3-1-2-4-11(10)16(12)20/h1-8,18H. The van der Waals surface area contributed by atoms with E-state index in [4.69, 9.17) is 0 Å². The summed E-state index contributed by atoms with van der Waals surface area (Å²) in [6.07, 6.45) is 1.55. The highest BCUT2D eigenvalue weighted by Gasteiger charge is 2.32.